The number of terminal acetylenes is 1. The molecule has 0 bridgehead atoms. The number of ether oxygens (including phenoxy) is 1. The highest BCUT2D eigenvalue weighted by Gasteiger charge is 2.24. The van der Waals surface area contributed by atoms with E-state index in [2.05, 4.69) is 43.3 Å². The maximum atomic E-state index is 14.2. The van der Waals surface area contributed by atoms with Crippen molar-refractivity contribution in [1.82, 2.24) is 25.1 Å². The molecule has 1 aliphatic carbocycles. The molecule has 0 radical (unpaired) electrons. The first kappa shape index (κ1) is 23.3. The van der Waals surface area contributed by atoms with Gasteiger partial charge in [-0.1, -0.05) is 22.9 Å². The Balaban J connectivity index is 0.000000299. The predicted molar refractivity (Wildman–Crippen MR) is 116 cm³/mol. The Morgan fingerprint density at radius 1 is 1.33 bits per heavy atom. The number of nitrogens with one attached hydrogen (secondary N) is 1. The molecule has 0 unspecified atom stereocenters. The highest BCUT2D eigenvalue weighted by molar-refractivity contribution is 7.11. The van der Waals surface area contributed by atoms with Gasteiger partial charge in [0.2, 0.25) is 11.8 Å². The molecule has 0 atom stereocenters. The van der Waals surface area contributed by atoms with E-state index in [1.54, 1.807) is 24.5 Å². The molecule has 30 heavy (non-hydrogen) atoms. The van der Waals surface area contributed by atoms with Crippen molar-refractivity contribution in [1.29, 1.82) is 0 Å². The summed E-state index contributed by atoms with van der Waals surface area (Å²) in [5, 5.41) is 13.0. The summed E-state index contributed by atoms with van der Waals surface area (Å²) in [7, 11) is 0. The average molecular weight is 450 g/mol. The number of halogens is 2. The zero-order valence-electron chi connectivity index (χ0n) is 16.3. The van der Waals surface area contributed by atoms with E-state index >= 15 is 0 Å². The van der Waals surface area contributed by atoms with E-state index in [9.17, 15) is 4.39 Å². The van der Waals surface area contributed by atoms with Crippen LogP contribution in [0.3, 0.4) is 0 Å². The zero-order chi connectivity index (χ0) is 21.9. The monoisotopic (exact) mass is 449 g/mol. The lowest BCUT2D eigenvalue weighted by atomic mass is 10.4. The van der Waals surface area contributed by atoms with Gasteiger partial charge in [0.1, 0.15) is 10.0 Å². The number of aryl methyl sites for hydroxylation is 1. The van der Waals surface area contributed by atoms with Crippen LogP contribution in [0.25, 0.3) is 0 Å². The number of pyridine rings is 1. The van der Waals surface area contributed by atoms with Crippen LogP contribution in [0, 0.1) is 31.5 Å². The number of hydrogen-bond donors (Lipinski definition) is 2. The van der Waals surface area contributed by atoms with E-state index in [4.69, 9.17) is 22.1 Å². The minimum Gasteiger partial charge on any atom is -0.475 e. The molecule has 0 saturated heterocycles. The van der Waals surface area contributed by atoms with Gasteiger partial charge in [0, 0.05) is 12.4 Å². The van der Waals surface area contributed by atoms with Gasteiger partial charge in [-0.05, 0) is 37.8 Å². The van der Waals surface area contributed by atoms with Gasteiger partial charge in [-0.25, -0.2) is 0 Å². The van der Waals surface area contributed by atoms with Gasteiger partial charge in [0.15, 0.2) is 5.82 Å². The largest absolute Gasteiger partial charge is 0.475 e. The third-order valence-corrected chi connectivity index (χ3v) is 4.65. The van der Waals surface area contributed by atoms with Gasteiger partial charge >= 0.3 is 0 Å². The van der Waals surface area contributed by atoms with E-state index in [0.29, 0.717) is 24.1 Å². The minimum absolute atomic E-state index is 0.0150. The van der Waals surface area contributed by atoms with Crippen LogP contribution in [0.2, 0.25) is 5.02 Å². The summed E-state index contributed by atoms with van der Waals surface area (Å²) in [4.78, 5) is 11.4. The van der Waals surface area contributed by atoms with Crippen LogP contribution in [0.5, 0.6) is 5.88 Å². The normalized spacial score (nSPS) is 12.0. The van der Waals surface area contributed by atoms with Gasteiger partial charge in [-0.3, -0.25) is 4.98 Å². The van der Waals surface area contributed by atoms with Gasteiger partial charge in [-0.2, -0.15) is 14.4 Å². The Morgan fingerprint density at radius 2 is 2.10 bits per heavy atom. The highest BCUT2D eigenvalue weighted by Crippen LogP contribution is 2.30. The van der Waals surface area contributed by atoms with Gasteiger partial charge in [0.25, 0.3) is 5.88 Å². The molecule has 1 saturated carbocycles. The molecule has 3 aromatic rings. The smallest absolute Gasteiger partial charge is 0.257 e. The molecule has 3 heterocycles. The Morgan fingerprint density at radius 3 is 2.63 bits per heavy atom. The maximum absolute atomic E-state index is 14.2. The molecule has 0 aromatic carbocycles. The molecule has 8 nitrogen and oxygen atoms in total. The Kier molecular flexibility index (Phi) is 9.18. The van der Waals surface area contributed by atoms with Crippen molar-refractivity contribution in [2.45, 2.75) is 26.3 Å². The molecule has 4 rings (SSSR count). The van der Waals surface area contributed by atoms with Crippen LogP contribution in [-0.2, 0) is 6.54 Å². The van der Waals surface area contributed by atoms with Crippen LogP contribution < -0.4 is 15.8 Å². The first-order chi connectivity index (χ1) is 14.5. The summed E-state index contributed by atoms with van der Waals surface area (Å²) < 4.78 is 19.6. The van der Waals surface area contributed by atoms with E-state index in [0.717, 1.165) is 22.9 Å². The lowest BCUT2D eigenvalue weighted by Gasteiger charge is -2.10. The molecule has 11 heteroatoms. The van der Waals surface area contributed by atoms with Gasteiger partial charge < -0.3 is 15.8 Å². The Labute approximate surface area is 183 Å². The quantitative estimate of drug-likeness (QED) is 0.547. The number of nitrogens with zero attached hydrogens (tertiary/aromatic N) is 5. The predicted octanol–water partition coefficient (Wildman–Crippen LogP) is 3.74. The van der Waals surface area contributed by atoms with Crippen LogP contribution in [0.15, 0.2) is 24.5 Å². The van der Waals surface area contributed by atoms with E-state index in [1.165, 1.54) is 11.3 Å². The molecule has 158 valence electrons. The summed E-state index contributed by atoms with van der Waals surface area (Å²) in [5.74, 6) is -0.253. The second-order valence-corrected chi connectivity index (χ2v) is 7.75. The lowest BCUT2D eigenvalue weighted by molar-refractivity contribution is 0.273. The number of hydrogen-bond acceptors (Lipinski definition) is 9. The van der Waals surface area contributed by atoms with Crippen molar-refractivity contribution in [3.8, 4) is 18.7 Å². The number of aromatic nitrogens is 5. The van der Waals surface area contributed by atoms with Crippen molar-refractivity contribution in [3.05, 3.63) is 45.4 Å². The van der Waals surface area contributed by atoms with Gasteiger partial charge in [0.05, 0.1) is 18.2 Å². The number of anilines is 2. The highest BCUT2D eigenvalue weighted by atomic mass is 35.5. The van der Waals surface area contributed by atoms with Crippen molar-refractivity contribution in [2.24, 2.45) is 5.92 Å². The molecule has 1 fully saturated rings. The molecular formula is C19H21ClFN7OS. The third-order valence-electron chi connectivity index (χ3n) is 3.59. The molecule has 0 aliphatic heterocycles. The van der Waals surface area contributed by atoms with Gasteiger partial charge in [-0.15, -0.1) is 23.0 Å². The molecule has 3 aromatic heterocycles. The fraction of sp³-hybridized carbons (Fsp3) is 0.316. The summed E-state index contributed by atoms with van der Waals surface area (Å²) >= 11 is 6.91. The fourth-order valence-electron chi connectivity index (χ4n) is 2.05. The second-order valence-electron chi connectivity index (χ2n) is 6.04. The fourth-order valence-corrected chi connectivity index (χ4v) is 2.83. The van der Waals surface area contributed by atoms with Crippen molar-refractivity contribution in [2.75, 3.05) is 17.7 Å². The van der Waals surface area contributed by atoms with E-state index < -0.39 is 5.82 Å². The summed E-state index contributed by atoms with van der Waals surface area (Å²) in [6, 6.07) is 3.58. The first-order valence-electron chi connectivity index (χ1n) is 8.88. The number of nitrogens with two attached hydrogens (primary N) is 1. The van der Waals surface area contributed by atoms with Crippen LogP contribution >= 0.6 is 22.9 Å². The standard InChI is InChI=1S/C12H15FN6OS.C5H4ClN.C2H2/c1-6-18-19-8(21-6)4-15-10-9(13)11(17-12(14)16-10)20-5-7-2-3-7;6-5-2-1-3-7-4-5;1-2/h7H,2-5H2,1H3,(H3,14,15,16,17);1-4H;1-2H. The minimum atomic E-state index is -0.633. The topological polar surface area (TPSA) is 112 Å². The Bertz CT molecular complexity index is 951. The molecule has 0 amide bonds. The number of rotatable bonds is 6. The SMILES string of the molecule is C#C.Cc1nnc(CNc2nc(N)nc(OCC3CC3)c2F)s1.Clc1cccnc1. The third kappa shape index (κ3) is 7.77. The molecule has 3 N–H and O–H groups in total. The van der Waals surface area contributed by atoms with Crippen molar-refractivity contribution < 1.29 is 9.13 Å². The Hall–Kier alpha value is -3.03. The molecular weight excluding hydrogens is 429 g/mol. The summed E-state index contributed by atoms with van der Waals surface area (Å²) in [6.45, 7) is 2.64. The second kappa shape index (κ2) is 11.8. The zero-order valence-corrected chi connectivity index (χ0v) is 17.8. The molecule has 0 spiro atoms. The van der Waals surface area contributed by atoms with Crippen LogP contribution in [0.1, 0.15) is 22.9 Å². The summed E-state index contributed by atoms with van der Waals surface area (Å²) in [6.07, 6.45) is 13.5. The van der Waals surface area contributed by atoms with Crippen molar-refractivity contribution >= 4 is 34.7 Å². The van der Waals surface area contributed by atoms with Crippen molar-refractivity contribution in [3.63, 3.8) is 0 Å². The van der Waals surface area contributed by atoms with Crippen LogP contribution in [0.4, 0.5) is 16.2 Å². The van der Waals surface area contributed by atoms with Crippen LogP contribution in [-0.4, -0.2) is 31.8 Å². The average Bonchev–Trinajstić information content (AvgIpc) is 3.49. The summed E-state index contributed by atoms with van der Waals surface area (Å²) in [5.41, 5.74) is 5.59. The molecule has 1 aliphatic rings. The first-order valence-corrected chi connectivity index (χ1v) is 10.1. The lowest BCUT2D eigenvalue weighted by Crippen LogP contribution is -2.11. The van der Waals surface area contributed by atoms with E-state index in [1.807, 2.05) is 6.92 Å². The maximum Gasteiger partial charge on any atom is 0.257 e. The van der Waals surface area contributed by atoms with E-state index in [-0.39, 0.29) is 17.6 Å². The number of nitrogen functional groups attached to an aromatic ring is 1.